The second-order valence-corrected chi connectivity index (χ2v) is 7.18. The van der Waals surface area contributed by atoms with Gasteiger partial charge in [0.1, 0.15) is 12.4 Å². The van der Waals surface area contributed by atoms with E-state index in [-0.39, 0.29) is 18.5 Å². The van der Waals surface area contributed by atoms with Crippen LogP contribution in [0.4, 0.5) is 0 Å². The van der Waals surface area contributed by atoms with E-state index >= 15 is 0 Å². The van der Waals surface area contributed by atoms with E-state index in [2.05, 4.69) is 25.5 Å². The van der Waals surface area contributed by atoms with E-state index in [4.69, 9.17) is 12.2 Å². The molecule has 3 heterocycles. The third kappa shape index (κ3) is 3.18. The molecule has 4 aromatic rings. The Morgan fingerprint density at radius 2 is 2.19 bits per heavy atom. The summed E-state index contributed by atoms with van der Waals surface area (Å²) in [6.45, 7) is 1.98. The number of H-pyrrole nitrogens is 2. The first-order valence-electron chi connectivity index (χ1n) is 8.05. The van der Waals surface area contributed by atoms with E-state index in [9.17, 15) is 4.79 Å². The van der Waals surface area contributed by atoms with Gasteiger partial charge >= 0.3 is 0 Å². The van der Waals surface area contributed by atoms with E-state index in [0.717, 1.165) is 15.9 Å². The average Bonchev–Trinajstić information content (AvgIpc) is 3.35. The first kappa shape index (κ1) is 16.7. The number of benzene rings is 1. The molecule has 1 atom stereocenters. The largest absolute Gasteiger partial charge is 0.345 e. The highest BCUT2D eigenvalue weighted by Crippen LogP contribution is 2.22. The standard InChI is InChI=1S/C17H16N6OS2/c1-10(15-19-11-5-2-3-6-12(11)20-15)18-14(24)9-23-16(21-22-17(23)25)13-7-4-8-26-13/h2-8,10H,9H2,1H3,(H,18,24)(H,19,20)(H,22,25). The number of carbonyl (C=O) groups excluding carboxylic acids is 1. The summed E-state index contributed by atoms with van der Waals surface area (Å²) in [5, 5.41) is 11.9. The second kappa shape index (κ2) is 6.85. The van der Waals surface area contributed by atoms with Crippen molar-refractivity contribution < 1.29 is 4.79 Å². The van der Waals surface area contributed by atoms with Gasteiger partial charge in [0.25, 0.3) is 0 Å². The molecule has 0 radical (unpaired) electrons. The Morgan fingerprint density at radius 1 is 1.35 bits per heavy atom. The molecular formula is C17H16N6OS2. The Morgan fingerprint density at radius 3 is 2.96 bits per heavy atom. The fourth-order valence-electron chi connectivity index (χ4n) is 2.73. The number of nitrogens with one attached hydrogen (secondary N) is 3. The van der Waals surface area contributed by atoms with Crippen LogP contribution in [0.5, 0.6) is 0 Å². The Kier molecular flexibility index (Phi) is 4.39. The highest BCUT2D eigenvalue weighted by molar-refractivity contribution is 7.71. The molecule has 9 heteroatoms. The number of carbonyl (C=O) groups is 1. The first-order chi connectivity index (χ1) is 12.6. The molecule has 1 amide bonds. The van der Waals surface area contributed by atoms with Gasteiger partial charge in [-0.05, 0) is 42.7 Å². The summed E-state index contributed by atoms with van der Waals surface area (Å²) in [4.78, 5) is 21.2. The molecule has 7 nitrogen and oxygen atoms in total. The van der Waals surface area contributed by atoms with Gasteiger partial charge in [-0.25, -0.2) is 4.98 Å². The minimum atomic E-state index is -0.249. The first-order valence-corrected chi connectivity index (χ1v) is 9.33. The Balaban J connectivity index is 1.51. The number of nitrogens with zero attached hydrogens (tertiary/aromatic N) is 3. The number of rotatable bonds is 5. The van der Waals surface area contributed by atoms with Crippen LogP contribution in [0.2, 0.25) is 0 Å². The maximum Gasteiger partial charge on any atom is 0.240 e. The zero-order chi connectivity index (χ0) is 18.1. The molecule has 0 bridgehead atoms. The summed E-state index contributed by atoms with van der Waals surface area (Å²) >= 11 is 6.81. The minimum Gasteiger partial charge on any atom is -0.345 e. The number of para-hydroxylation sites is 2. The summed E-state index contributed by atoms with van der Waals surface area (Å²) < 4.78 is 2.11. The van der Waals surface area contributed by atoms with Crippen LogP contribution in [-0.2, 0) is 11.3 Å². The fraction of sp³-hybridized carbons (Fsp3) is 0.176. The van der Waals surface area contributed by atoms with Gasteiger partial charge in [-0.1, -0.05) is 18.2 Å². The fourth-order valence-corrected chi connectivity index (χ4v) is 3.65. The van der Waals surface area contributed by atoms with E-state index in [1.807, 2.05) is 48.7 Å². The monoisotopic (exact) mass is 384 g/mol. The van der Waals surface area contributed by atoms with Crippen molar-refractivity contribution in [2.24, 2.45) is 0 Å². The van der Waals surface area contributed by atoms with Crippen molar-refractivity contribution in [3.8, 4) is 10.7 Å². The van der Waals surface area contributed by atoms with Crippen LogP contribution in [0, 0.1) is 4.77 Å². The van der Waals surface area contributed by atoms with Crippen LogP contribution in [0.1, 0.15) is 18.8 Å². The van der Waals surface area contributed by atoms with Crippen LogP contribution < -0.4 is 5.32 Å². The third-order valence-corrected chi connectivity index (χ3v) is 5.17. The van der Waals surface area contributed by atoms with E-state index in [0.29, 0.717) is 16.4 Å². The van der Waals surface area contributed by atoms with Gasteiger partial charge in [-0.2, -0.15) is 5.10 Å². The number of fused-ring (bicyclic) bond motifs is 1. The summed E-state index contributed by atoms with van der Waals surface area (Å²) in [6, 6.07) is 11.4. The molecule has 0 aliphatic rings. The quantitative estimate of drug-likeness (QED) is 0.460. The summed E-state index contributed by atoms with van der Waals surface area (Å²) in [7, 11) is 0. The topological polar surface area (TPSA) is 91.4 Å². The normalized spacial score (nSPS) is 12.3. The highest BCUT2D eigenvalue weighted by atomic mass is 32.1. The molecule has 0 saturated carbocycles. The molecule has 4 rings (SSSR count). The smallest absolute Gasteiger partial charge is 0.240 e. The lowest BCUT2D eigenvalue weighted by Gasteiger charge is -2.12. The third-order valence-electron chi connectivity index (χ3n) is 4.00. The molecule has 3 N–H and O–H groups in total. The Hall–Kier alpha value is -2.78. The number of thiophene rings is 1. The van der Waals surface area contributed by atoms with Crippen molar-refractivity contribution in [3.63, 3.8) is 0 Å². The minimum absolute atomic E-state index is 0.0904. The van der Waals surface area contributed by atoms with Gasteiger partial charge in [0, 0.05) is 0 Å². The predicted molar refractivity (Wildman–Crippen MR) is 103 cm³/mol. The molecular weight excluding hydrogens is 368 g/mol. The Labute approximate surface area is 158 Å². The molecule has 1 aromatic carbocycles. The molecule has 0 spiro atoms. The van der Waals surface area contributed by atoms with Gasteiger partial charge in [-0.15, -0.1) is 11.3 Å². The molecule has 132 valence electrons. The summed E-state index contributed by atoms with van der Waals surface area (Å²) in [5.74, 6) is 1.22. The maximum absolute atomic E-state index is 12.5. The lowest BCUT2D eigenvalue weighted by Crippen LogP contribution is -2.30. The van der Waals surface area contributed by atoms with Gasteiger partial charge in [0.05, 0.1) is 22.0 Å². The summed E-state index contributed by atoms with van der Waals surface area (Å²) in [6.07, 6.45) is 0. The molecule has 1 unspecified atom stereocenters. The molecule has 0 fully saturated rings. The van der Waals surface area contributed by atoms with Crippen LogP contribution in [0.25, 0.3) is 21.7 Å². The van der Waals surface area contributed by atoms with Gasteiger partial charge in [0.15, 0.2) is 10.6 Å². The van der Waals surface area contributed by atoms with Gasteiger partial charge < -0.3 is 10.3 Å². The van der Waals surface area contributed by atoms with Crippen molar-refractivity contribution in [2.75, 3.05) is 0 Å². The highest BCUT2D eigenvalue weighted by Gasteiger charge is 2.17. The van der Waals surface area contributed by atoms with Crippen molar-refractivity contribution in [1.29, 1.82) is 0 Å². The van der Waals surface area contributed by atoms with E-state index < -0.39 is 0 Å². The van der Waals surface area contributed by atoms with Crippen molar-refractivity contribution in [2.45, 2.75) is 19.5 Å². The summed E-state index contributed by atoms with van der Waals surface area (Å²) in [5.41, 5.74) is 1.82. The maximum atomic E-state index is 12.5. The van der Waals surface area contributed by atoms with Crippen molar-refractivity contribution >= 4 is 40.5 Å². The lowest BCUT2D eigenvalue weighted by molar-refractivity contribution is -0.122. The van der Waals surface area contributed by atoms with Crippen LogP contribution >= 0.6 is 23.6 Å². The molecule has 0 aliphatic heterocycles. The van der Waals surface area contributed by atoms with Crippen molar-refractivity contribution in [3.05, 3.63) is 52.4 Å². The number of hydrogen-bond acceptors (Lipinski definition) is 5. The molecule has 0 saturated heterocycles. The number of imidazole rings is 1. The zero-order valence-corrected chi connectivity index (χ0v) is 15.5. The van der Waals surface area contributed by atoms with Gasteiger partial charge in [0.2, 0.25) is 5.91 Å². The molecule has 26 heavy (non-hydrogen) atoms. The number of amides is 1. The SMILES string of the molecule is CC(NC(=O)Cn1c(-c2cccs2)n[nH]c1=S)c1nc2ccccc2[nH]1. The molecule has 0 aliphatic carbocycles. The molecule has 3 aromatic heterocycles. The predicted octanol–water partition coefficient (Wildman–Crippen LogP) is 3.42. The second-order valence-electron chi connectivity index (χ2n) is 5.84. The van der Waals surface area contributed by atoms with Crippen molar-refractivity contribution in [1.82, 2.24) is 30.0 Å². The van der Waals surface area contributed by atoms with Gasteiger partial charge in [-0.3, -0.25) is 14.5 Å². The van der Waals surface area contributed by atoms with E-state index in [1.54, 1.807) is 15.9 Å². The van der Waals surface area contributed by atoms with Crippen LogP contribution in [0.3, 0.4) is 0 Å². The lowest BCUT2D eigenvalue weighted by atomic mass is 10.3. The number of aromatic amines is 2. The number of hydrogen-bond donors (Lipinski definition) is 3. The van der Waals surface area contributed by atoms with Crippen LogP contribution in [-0.4, -0.2) is 30.6 Å². The Bertz CT molecular complexity index is 1070. The van der Waals surface area contributed by atoms with Crippen LogP contribution in [0.15, 0.2) is 41.8 Å². The average molecular weight is 384 g/mol. The zero-order valence-electron chi connectivity index (χ0n) is 13.9. The van der Waals surface area contributed by atoms with E-state index in [1.165, 1.54) is 0 Å². The number of aromatic nitrogens is 5.